The van der Waals surface area contributed by atoms with Crippen LogP contribution in [0, 0.1) is 0 Å². The highest BCUT2D eigenvalue weighted by molar-refractivity contribution is 9.10. The summed E-state index contributed by atoms with van der Waals surface area (Å²) in [6, 6.07) is 20.2. The summed E-state index contributed by atoms with van der Waals surface area (Å²) in [6.07, 6.45) is 3.49. The van der Waals surface area contributed by atoms with Gasteiger partial charge in [-0.3, -0.25) is 0 Å². The zero-order valence-corrected chi connectivity index (χ0v) is 20.0. The van der Waals surface area contributed by atoms with Crippen LogP contribution in [0.2, 0.25) is 0 Å². The van der Waals surface area contributed by atoms with E-state index in [1.165, 1.54) is 44.6 Å². The zero-order chi connectivity index (χ0) is 20.3. The molecule has 0 radical (unpaired) electrons. The number of anilines is 1. The summed E-state index contributed by atoms with van der Waals surface area (Å²) in [5, 5.41) is 0. The Morgan fingerprint density at radius 3 is 2.00 bits per heavy atom. The molecule has 0 bridgehead atoms. The van der Waals surface area contributed by atoms with Crippen molar-refractivity contribution in [3.63, 3.8) is 0 Å². The van der Waals surface area contributed by atoms with E-state index in [0.717, 1.165) is 15.4 Å². The molecule has 29 heavy (non-hydrogen) atoms. The van der Waals surface area contributed by atoms with Gasteiger partial charge in [-0.25, -0.2) is 0 Å². The number of hydrogen-bond acceptors (Lipinski definition) is 1. The predicted molar refractivity (Wildman–Crippen MR) is 131 cm³/mol. The van der Waals surface area contributed by atoms with Crippen molar-refractivity contribution in [2.75, 3.05) is 19.0 Å². The molecule has 0 saturated carbocycles. The third kappa shape index (κ3) is 3.10. The van der Waals surface area contributed by atoms with Crippen LogP contribution in [0.5, 0.6) is 0 Å². The van der Waals surface area contributed by atoms with Gasteiger partial charge in [0.25, 0.3) is 0 Å². The van der Waals surface area contributed by atoms with Gasteiger partial charge in [0.05, 0.1) is 0 Å². The van der Waals surface area contributed by atoms with E-state index in [0.29, 0.717) is 11.8 Å². The molecule has 5 rings (SSSR count). The van der Waals surface area contributed by atoms with E-state index >= 15 is 0 Å². The van der Waals surface area contributed by atoms with Crippen LogP contribution in [0.4, 0.5) is 5.69 Å². The van der Waals surface area contributed by atoms with Gasteiger partial charge in [0.15, 0.2) is 0 Å². The van der Waals surface area contributed by atoms with Crippen LogP contribution in [0.3, 0.4) is 0 Å². The van der Waals surface area contributed by atoms with E-state index in [9.17, 15) is 0 Å². The molecule has 3 aromatic rings. The highest BCUT2D eigenvalue weighted by Crippen LogP contribution is 2.53. The number of halogens is 2. The number of nitrogens with zero attached hydrogens (tertiary/aromatic N) is 1. The molecule has 0 amide bonds. The SMILES string of the molecule is CC1=Cc2c(cccc2N(C)C)C1CC1c2cc(Br)ccc2-c2ccc(Br)cc21. The molecule has 3 heteroatoms. The van der Waals surface area contributed by atoms with Crippen molar-refractivity contribution >= 4 is 43.6 Å². The lowest BCUT2D eigenvalue weighted by atomic mass is 9.82. The highest BCUT2D eigenvalue weighted by Gasteiger charge is 2.34. The molecule has 0 N–H and O–H groups in total. The Kier molecular flexibility index (Phi) is 4.71. The third-order valence-electron chi connectivity index (χ3n) is 6.44. The molecule has 146 valence electrons. The average Bonchev–Trinajstić information content (AvgIpc) is 3.16. The average molecular weight is 509 g/mol. The summed E-state index contributed by atoms with van der Waals surface area (Å²) >= 11 is 7.40. The molecule has 3 aromatic carbocycles. The highest BCUT2D eigenvalue weighted by atomic mass is 79.9. The van der Waals surface area contributed by atoms with E-state index in [4.69, 9.17) is 0 Å². The lowest BCUT2D eigenvalue weighted by Gasteiger charge is -2.23. The normalized spacial score (nSPS) is 17.0. The van der Waals surface area contributed by atoms with E-state index in [1.807, 2.05) is 0 Å². The molecule has 0 saturated heterocycles. The Morgan fingerprint density at radius 1 is 0.793 bits per heavy atom. The second-order valence-electron chi connectivity index (χ2n) is 8.37. The number of rotatable bonds is 3. The molecule has 0 heterocycles. The summed E-state index contributed by atoms with van der Waals surface area (Å²) in [5.41, 5.74) is 11.3. The third-order valence-corrected chi connectivity index (χ3v) is 7.42. The van der Waals surface area contributed by atoms with Gasteiger partial charge < -0.3 is 4.90 Å². The van der Waals surface area contributed by atoms with Crippen LogP contribution in [-0.4, -0.2) is 14.1 Å². The first-order chi connectivity index (χ1) is 13.9. The predicted octanol–water partition coefficient (Wildman–Crippen LogP) is 7.98. The van der Waals surface area contributed by atoms with Gasteiger partial charge in [-0.1, -0.05) is 67.8 Å². The molecule has 2 aliphatic rings. The van der Waals surface area contributed by atoms with E-state index in [1.54, 1.807) is 0 Å². The maximum absolute atomic E-state index is 3.70. The fourth-order valence-corrected chi connectivity index (χ4v) is 5.86. The quantitative estimate of drug-likeness (QED) is 0.346. The fourth-order valence-electron chi connectivity index (χ4n) is 5.10. The van der Waals surface area contributed by atoms with Crippen LogP contribution in [0.25, 0.3) is 17.2 Å². The summed E-state index contributed by atoms with van der Waals surface area (Å²) in [6.45, 7) is 2.29. The standard InChI is InChI=1S/C26H23Br2N/c1-15-11-25-18(5-4-6-26(25)29(2)3)21(15)14-24-22-12-16(27)7-9-19(22)20-10-8-17(28)13-23(20)24/h4-13,21,24H,14H2,1-3H3. The Morgan fingerprint density at radius 2 is 1.41 bits per heavy atom. The molecule has 1 atom stereocenters. The van der Waals surface area contributed by atoms with Crippen LogP contribution < -0.4 is 4.90 Å². The minimum atomic E-state index is 0.400. The molecule has 0 aromatic heterocycles. The van der Waals surface area contributed by atoms with Crippen molar-refractivity contribution in [3.05, 3.63) is 91.4 Å². The van der Waals surface area contributed by atoms with Gasteiger partial charge in [0.1, 0.15) is 0 Å². The molecule has 1 nitrogen and oxygen atoms in total. The Balaban J connectivity index is 1.61. The van der Waals surface area contributed by atoms with Crippen molar-refractivity contribution in [2.24, 2.45) is 0 Å². The van der Waals surface area contributed by atoms with Gasteiger partial charge in [-0.2, -0.15) is 0 Å². The lowest BCUT2D eigenvalue weighted by molar-refractivity contribution is 0.652. The fraction of sp³-hybridized carbons (Fsp3) is 0.231. The minimum absolute atomic E-state index is 0.400. The second kappa shape index (κ2) is 7.14. The zero-order valence-electron chi connectivity index (χ0n) is 16.8. The first kappa shape index (κ1) is 19.1. The second-order valence-corrected chi connectivity index (χ2v) is 10.2. The van der Waals surface area contributed by atoms with E-state index < -0.39 is 0 Å². The summed E-state index contributed by atoms with van der Waals surface area (Å²) in [5.74, 6) is 0.851. The molecule has 0 spiro atoms. The molecule has 1 unspecified atom stereocenters. The summed E-state index contributed by atoms with van der Waals surface area (Å²) < 4.78 is 2.31. The van der Waals surface area contributed by atoms with Crippen LogP contribution in [0.15, 0.2) is 69.1 Å². The lowest BCUT2D eigenvalue weighted by Crippen LogP contribution is -2.11. The van der Waals surface area contributed by atoms with Gasteiger partial charge in [-0.05, 0) is 71.5 Å². The van der Waals surface area contributed by atoms with Crippen molar-refractivity contribution < 1.29 is 0 Å². The van der Waals surface area contributed by atoms with Crippen LogP contribution in [-0.2, 0) is 0 Å². The Hall–Kier alpha value is -1.84. The number of benzene rings is 3. The van der Waals surface area contributed by atoms with E-state index in [2.05, 4.69) is 118 Å². The molecule has 0 fully saturated rings. The van der Waals surface area contributed by atoms with Gasteiger partial charge >= 0.3 is 0 Å². The van der Waals surface area contributed by atoms with Crippen LogP contribution in [0.1, 0.15) is 47.4 Å². The molecule has 2 aliphatic carbocycles. The first-order valence-electron chi connectivity index (χ1n) is 10.0. The Labute approximate surface area is 189 Å². The van der Waals surface area contributed by atoms with Gasteiger partial charge in [0.2, 0.25) is 0 Å². The smallest absolute Gasteiger partial charge is 0.0437 e. The van der Waals surface area contributed by atoms with Crippen molar-refractivity contribution in [1.82, 2.24) is 0 Å². The van der Waals surface area contributed by atoms with Crippen molar-refractivity contribution in [3.8, 4) is 11.1 Å². The number of hydrogen-bond donors (Lipinski definition) is 0. The van der Waals surface area contributed by atoms with Crippen molar-refractivity contribution in [1.29, 1.82) is 0 Å². The number of allylic oxidation sites excluding steroid dienone is 1. The first-order valence-corrected chi connectivity index (χ1v) is 11.6. The van der Waals surface area contributed by atoms with E-state index in [-0.39, 0.29) is 0 Å². The monoisotopic (exact) mass is 507 g/mol. The molecular formula is C26H23Br2N. The molecular weight excluding hydrogens is 486 g/mol. The summed E-state index contributed by atoms with van der Waals surface area (Å²) in [4.78, 5) is 2.22. The Bertz CT molecular complexity index is 1110. The maximum Gasteiger partial charge on any atom is 0.0437 e. The topological polar surface area (TPSA) is 3.24 Å². The minimum Gasteiger partial charge on any atom is -0.377 e. The molecule has 0 aliphatic heterocycles. The van der Waals surface area contributed by atoms with Gasteiger partial charge in [-0.15, -0.1) is 0 Å². The largest absolute Gasteiger partial charge is 0.377 e. The number of fused-ring (bicyclic) bond motifs is 4. The van der Waals surface area contributed by atoms with Crippen molar-refractivity contribution in [2.45, 2.75) is 25.2 Å². The van der Waals surface area contributed by atoms with Crippen LogP contribution >= 0.6 is 31.9 Å². The van der Waals surface area contributed by atoms with Gasteiger partial charge in [0, 0.05) is 46.1 Å². The summed E-state index contributed by atoms with van der Waals surface area (Å²) in [7, 11) is 4.26. The maximum atomic E-state index is 3.70.